The number of fused-ring (bicyclic) bond motifs is 1. The van der Waals surface area contributed by atoms with Crippen LogP contribution in [0.5, 0.6) is 5.75 Å². The number of phenolic OH excluding ortho intramolecular Hbond substituents is 1. The van der Waals surface area contributed by atoms with E-state index in [2.05, 4.69) is 48.6 Å². The molecule has 0 aromatic heterocycles. The van der Waals surface area contributed by atoms with Gasteiger partial charge in [-0.2, -0.15) is 0 Å². The van der Waals surface area contributed by atoms with Crippen LogP contribution in [0, 0.1) is 0 Å². The highest BCUT2D eigenvalue weighted by molar-refractivity contribution is 5.89. The van der Waals surface area contributed by atoms with Crippen molar-refractivity contribution in [2.24, 2.45) is 0 Å². The molecule has 3 aromatic carbocycles. The maximum absolute atomic E-state index is 9.42. The zero-order chi connectivity index (χ0) is 17.6. The first-order valence-electron chi connectivity index (χ1n) is 8.80. The maximum atomic E-state index is 9.42. The lowest BCUT2D eigenvalue weighted by Gasteiger charge is -2.06. The first kappa shape index (κ1) is 17.2. The lowest BCUT2D eigenvalue weighted by molar-refractivity contribution is 0.182. The van der Waals surface area contributed by atoms with Gasteiger partial charge in [0.05, 0.1) is 6.10 Å². The Labute approximate surface area is 149 Å². The molecule has 0 aliphatic heterocycles. The summed E-state index contributed by atoms with van der Waals surface area (Å²) in [7, 11) is 0. The molecule has 3 aromatic rings. The molecule has 0 fully saturated rings. The highest BCUT2D eigenvalue weighted by Gasteiger charge is 2.01. The van der Waals surface area contributed by atoms with Crippen LogP contribution in [0.25, 0.3) is 28.0 Å². The van der Waals surface area contributed by atoms with Crippen LogP contribution in [-0.2, 0) is 0 Å². The Bertz CT molecular complexity index is 861. The van der Waals surface area contributed by atoms with Gasteiger partial charge in [-0.25, -0.2) is 0 Å². The van der Waals surface area contributed by atoms with Crippen LogP contribution < -0.4 is 0 Å². The number of aliphatic hydroxyl groups excluding tert-OH is 1. The summed E-state index contributed by atoms with van der Waals surface area (Å²) in [4.78, 5) is 0. The molecule has 128 valence electrons. The topological polar surface area (TPSA) is 40.5 Å². The van der Waals surface area contributed by atoms with E-state index >= 15 is 0 Å². The second kappa shape index (κ2) is 8.00. The van der Waals surface area contributed by atoms with Gasteiger partial charge < -0.3 is 10.2 Å². The maximum Gasteiger partial charge on any atom is 0.115 e. The molecule has 2 heteroatoms. The predicted molar refractivity (Wildman–Crippen MR) is 106 cm³/mol. The number of hydrogen-bond acceptors (Lipinski definition) is 2. The van der Waals surface area contributed by atoms with Gasteiger partial charge in [0.2, 0.25) is 0 Å². The van der Waals surface area contributed by atoms with Gasteiger partial charge >= 0.3 is 0 Å². The van der Waals surface area contributed by atoms with Crippen LogP contribution in [0.4, 0.5) is 0 Å². The van der Waals surface area contributed by atoms with Gasteiger partial charge in [-0.15, -0.1) is 0 Å². The standard InChI is InChI=1S/C23H24O2/c1-17(24)5-3-2-4-6-18-7-8-22-16-21(10-9-20(22)15-18)19-11-13-23(25)14-12-19/h4,6-17,24-25H,2-3,5H2,1H3/b6-4+. The van der Waals surface area contributed by atoms with Crippen molar-refractivity contribution in [1.82, 2.24) is 0 Å². The van der Waals surface area contributed by atoms with Crippen molar-refractivity contribution in [2.45, 2.75) is 32.3 Å². The average Bonchev–Trinajstić information content (AvgIpc) is 2.61. The molecule has 0 spiro atoms. The second-order valence-corrected chi connectivity index (χ2v) is 6.55. The lowest BCUT2D eigenvalue weighted by Crippen LogP contribution is -1.97. The van der Waals surface area contributed by atoms with Gasteiger partial charge in [0.15, 0.2) is 0 Å². The molecule has 25 heavy (non-hydrogen) atoms. The van der Waals surface area contributed by atoms with Gasteiger partial charge in [-0.3, -0.25) is 0 Å². The van der Waals surface area contributed by atoms with Crippen molar-refractivity contribution < 1.29 is 10.2 Å². The summed E-state index contributed by atoms with van der Waals surface area (Å²) < 4.78 is 0. The van der Waals surface area contributed by atoms with E-state index < -0.39 is 0 Å². The summed E-state index contributed by atoms with van der Waals surface area (Å²) >= 11 is 0. The molecule has 0 aliphatic carbocycles. The summed E-state index contributed by atoms with van der Waals surface area (Å²) in [6, 6.07) is 20.2. The molecule has 3 rings (SSSR count). The highest BCUT2D eigenvalue weighted by Crippen LogP contribution is 2.26. The molecule has 0 amide bonds. The normalized spacial score (nSPS) is 12.7. The fraction of sp³-hybridized carbons (Fsp3) is 0.217. The summed E-state index contributed by atoms with van der Waals surface area (Å²) in [5.41, 5.74) is 3.44. The van der Waals surface area contributed by atoms with Gasteiger partial charge in [-0.05, 0) is 77.9 Å². The first-order chi connectivity index (χ1) is 12.1. The van der Waals surface area contributed by atoms with Crippen LogP contribution in [0.2, 0.25) is 0 Å². The van der Waals surface area contributed by atoms with Crippen LogP contribution in [0.15, 0.2) is 66.7 Å². The quantitative estimate of drug-likeness (QED) is 0.562. The van der Waals surface area contributed by atoms with Crippen molar-refractivity contribution in [3.8, 4) is 16.9 Å². The largest absolute Gasteiger partial charge is 0.508 e. The van der Waals surface area contributed by atoms with Crippen molar-refractivity contribution >= 4 is 16.8 Å². The molecule has 0 saturated carbocycles. The Morgan fingerprint density at radius 1 is 0.880 bits per heavy atom. The van der Waals surface area contributed by atoms with E-state index in [1.807, 2.05) is 19.1 Å². The zero-order valence-corrected chi connectivity index (χ0v) is 14.5. The Morgan fingerprint density at radius 3 is 2.32 bits per heavy atom. The Morgan fingerprint density at radius 2 is 1.56 bits per heavy atom. The van der Waals surface area contributed by atoms with Crippen LogP contribution in [0.3, 0.4) is 0 Å². The van der Waals surface area contributed by atoms with E-state index in [0.29, 0.717) is 0 Å². The summed E-state index contributed by atoms with van der Waals surface area (Å²) in [6.45, 7) is 1.83. The summed E-state index contributed by atoms with van der Waals surface area (Å²) in [6.07, 6.45) is 6.96. The van der Waals surface area contributed by atoms with E-state index in [4.69, 9.17) is 0 Å². The number of aliphatic hydroxyl groups is 1. The molecule has 0 radical (unpaired) electrons. The second-order valence-electron chi connectivity index (χ2n) is 6.55. The molecule has 1 atom stereocenters. The zero-order valence-electron chi connectivity index (χ0n) is 14.5. The van der Waals surface area contributed by atoms with E-state index in [9.17, 15) is 10.2 Å². The third-order valence-corrected chi connectivity index (χ3v) is 4.37. The summed E-state index contributed by atoms with van der Waals surface area (Å²) in [5, 5.41) is 21.1. The van der Waals surface area contributed by atoms with Crippen LogP contribution >= 0.6 is 0 Å². The summed E-state index contributed by atoms with van der Waals surface area (Å²) in [5.74, 6) is 0.286. The Hall–Kier alpha value is -2.58. The van der Waals surface area contributed by atoms with Gasteiger partial charge in [0.1, 0.15) is 5.75 Å². The van der Waals surface area contributed by atoms with Crippen molar-refractivity contribution in [3.63, 3.8) is 0 Å². The molecule has 2 N–H and O–H groups in total. The van der Waals surface area contributed by atoms with Crippen molar-refractivity contribution in [2.75, 3.05) is 0 Å². The van der Waals surface area contributed by atoms with Crippen LogP contribution in [0.1, 0.15) is 31.7 Å². The van der Waals surface area contributed by atoms with Gasteiger partial charge in [0.25, 0.3) is 0 Å². The molecular weight excluding hydrogens is 308 g/mol. The van der Waals surface area contributed by atoms with Crippen molar-refractivity contribution in [1.29, 1.82) is 0 Å². The molecule has 0 aliphatic rings. The molecule has 0 bridgehead atoms. The van der Waals surface area contributed by atoms with E-state index in [1.54, 1.807) is 12.1 Å². The van der Waals surface area contributed by atoms with Crippen molar-refractivity contribution in [3.05, 3.63) is 72.3 Å². The van der Waals surface area contributed by atoms with E-state index in [-0.39, 0.29) is 11.9 Å². The third-order valence-electron chi connectivity index (χ3n) is 4.37. The Balaban J connectivity index is 1.74. The lowest BCUT2D eigenvalue weighted by atomic mass is 9.99. The minimum absolute atomic E-state index is 0.211. The third kappa shape index (κ3) is 4.71. The number of hydrogen-bond donors (Lipinski definition) is 2. The SMILES string of the molecule is CC(O)CCC/C=C/c1ccc2cc(-c3ccc(O)cc3)ccc2c1. The molecular formula is C23H24O2. The smallest absolute Gasteiger partial charge is 0.115 e. The Kier molecular flexibility index (Phi) is 5.52. The predicted octanol–water partition coefficient (Wildman–Crippen LogP) is 5.78. The minimum Gasteiger partial charge on any atom is -0.508 e. The monoisotopic (exact) mass is 332 g/mol. The molecule has 1 unspecified atom stereocenters. The number of benzene rings is 3. The average molecular weight is 332 g/mol. The van der Waals surface area contributed by atoms with E-state index in [1.165, 1.54) is 16.3 Å². The molecule has 0 heterocycles. The van der Waals surface area contributed by atoms with E-state index in [0.717, 1.165) is 30.4 Å². The van der Waals surface area contributed by atoms with Crippen LogP contribution in [-0.4, -0.2) is 16.3 Å². The number of aromatic hydroxyl groups is 1. The van der Waals surface area contributed by atoms with Gasteiger partial charge in [-0.1, -0.05) is 48.6 Å². The number of allylic oxidation sites excluding steroid dienone is 1. The fourth-order valence-electron chi connectivity index (χ4n) is 2.95. The molecule has 0 saturated heterocycles. The number of unbranched alkanes of at least 4 members (excludes halogenated alkanes) is 1. The van der Waals surface area contributed by atoms with Gasteiger partial charge in [0, 0.05) is 0 Å². The first-order valence-corrected chi connectivity index (χ1v) is 8.80. The highest BCUT2D eigenvalue weighted by atomic mass is 16.3. The number of rotatable bonds is 6. The number of phenols is 1. The minimum atomic E-state index is -0.211. The fourth-order valence-corrected chi connectivity index (χ4v) is 2.95. The molecule has 2 nitrogen and oxygen atoms in total.